The van der Waals surface area contributed by atoms with E-state index in [-0.39, 0.29) is 0 Å². The van der Waals surface area contributed by atoms with Crippen LogP contribution in [0, 0.1) is 5.41 Å². The molecule has 1 atom stereocenters. The number of rotatable bonds is 8. The highest BCUT2D eigenvalue weighted by molar-refractivity contribution is 5.75. The van der Waals surface area contributed by atoms with E-state index in [9.17, 15) is 9.90 Å². The van der Waals surface area contributed by atoms with Gasteiger partial charge in [0.25, 0.3) is 0 Å². The summed E-state index contributed by atoms with van der Waals surface area (Å²) in [5, 5.41) is 9.49. The number of nitrogens with zero attached hydrogens (tertiary/aromatic N) is 1. The quantitative estimate of drug-likeness (QED) is 0.664. The summed E-state index contributed by atoms with van der Waals surface area (Å²) in [6.45, 7) is 6.25. The lowest BCUT2D eigenvalue weighted by molar-refractivity contribution is -0.154. The maximum atomic E-state index is 11.5. The van der Waals surface area contributed by atoms with E-state index in [1.54, 1.807) is 7.11 Å². The van der Waals surface area contributed by atoms with Crippen LogP contribution in [0.4, 0.5) is 0 Å². The lowest BCUT2D eigenvalue weighted by Gasteiger charge is -2.39. The molecule has 0 aromatic heterocycles. The molecule has 1 fully saturated rings. The second-order valence-corrected chi connectivity index (χ2v) is 4.90. The molecule has 0 bridgehead atoms. The molecule has 1 unspecified atom stereocenters. The zero-order valence-corrected chi connectivity index (χ0v) is 11.5. The number of carboxylic acid groups (broad SMARTS) is 1. The molecule has 0 aliphatic carbocycles. The fraction of sp³-hybridized carbons (Fsp3) is 0.923. The summed E-state index contributed by atoms with van der Waals surface area (Å²) in [4.78, 5) is 13.7. The average molecular weight is 259 g/mol. The second-order valence-electron chi connectivity index (χ2n) is 4.90. The normalized spacial score (nSPS) is 25.2. The number of piperidine rings is 1. The Bertz CT molecular complexity index is 259. The lowest BCUT2D eigenvalue weighted by atomic mass is 9.77. The zero-order chi connectivity index (χ0) is 13.4. The third-order valence-corrected chi connectivity index (χ3v) is 3.65. The number of ether oxygens (including phenoxy) is 2. The molecule has 1 heterocycles. The molecule has 0 radical (unpaired) electrons. The minimum atomic E-state index is -0.694. The van der Waals surface area contributed by atoms with Gasteiger partial charge in [-0.3, -0.25) is 9.69 Å². The minimum Gasteiger partial charge on any atom is -0.481 e. The lowest BCUT2D eigenvalue weighted by Crippen LogP contribution is -2.49. The Labute approximate surface area is 109 Å². The van der Waals surface area contributed by atoms with Crippen molar-refractivity contribution in [2.75, 3.05) is 46.6 Å². The van der Waals surface area contributed by atoms with Crippen LogP contribution in [0.15, 0.2) is 0 Å². The van der Waals surface area contributed by atoms with Crippen molar-refractivity contribution >= 4 is 5.97 Å². The molecular weight excluding hydrogens is 234 g/mol. The first-order valence-electron chi connectivity index (χ1n) is 6.67. The highest BCUT2D eigenvalue weighted by Crippen LogP contribution is 2.33. The maximum Gasteiger partial charge on any atom is 0.311 e. The molecule has 1 saturated heterocycles. The molecular formula is C13H25NO4. The van der Waals surface area contributed by atoms with E-state index in [1.807, 2.05) is 6.92 Å². The summed E-state index contributed by atoms with van der Waals surface area (Å²) < 4.78 is 10.4. The van der Waals surface area contributed by atoms with Gasteiger partial charge in [0.15, 0.2) is 0 Å². The van der Waals surface area contributed by atoms with Gasteiger partial charge in [0.2, 0.25) is 0 Å². The molecule has 5 heteroatoms. The van der Waals surface area contributed by atoms with Crippen molar-refractivity contribution in [1.82, 2.24) is 4.90 Å². The van der Waals surface area contributed by atoms with Crippen LogP contribution < -0.4 is 0 Å². The van der Waals surface area contributed by atoms with E-state index < -0.39 is 11.4 Å². The summed E-state index contributed by atoms with van der Waals surface area (Å²) in [5.41, 5.74) is -0.638. The fourth-order valence-corrected chi connectivity index (χ4v) is 2.54. The van der Waals surface area contributed by atoms with Gasteiger partial charge in [-0.25, -0.2) is 0 Å². The Morgan fingerprint density at radius 2 is 2.22 bits per heavy atom. The van der Waals surface area contributed by atoms with Gasteiger partial charge in [-0.15, -0.1) is 0 Å². The summed E-state index contributed by atoms with van der Waals surface area (Å²) in [6.07, 6.45) is 2.27. The largest absolute Gasteiger partial charge is 0.481 e. The van der Waals surface area contributed by atoms with Crippen LogP contribution in [0.25, 0.3) is 0 Å². The highest BCUT2D eigenvalue weighted by atomic mass is 16.5. The molecule has 0 aromatic carbocycles. The van der Waals surface area contributed by atoms with Crippen LogP contribution in [0.1, 0.15) is 26.2 Å². The number of carboxylic acids is 1. The Balaban J connectivity index is 2.53. The molecule has 5 nitrogen and oxygen atoms in total. The zero-order valence-electron chi connectivity index (χ0n) is 11.5. The van der Waals surface area contributed by atoms with Crippen molar-refractivity contribution in [3.8, 4) is 0 Å². The van der Waals surface area contributed by atoms with Gasteiger partial charge in [0, 0.05) is 33.4 Å². The number of methoxy groups -OCH3 is 1. The monoisotopic (exact) mass is 259 g/mol. The van der Waals surface area contributed by atoms with Gasteiger partial charge in [-0.1, -0.05) is 0 Å². The Morgan fingerprint density at radius 1 is 1.44 bits per heavy atom. The molecule has 0 amide bonds. The van der Waals surface area contributed by atoms with Crippen molar-refractivity contribution < 1.29 is 19.4 Å². The predicted molar refractivity (Wildman–Crippen MR) is 68.7 cm³/mol. The molecule has 18 heavy (non-hydrogen) atoms. The van der Waals surface area contributed by atoms with Crippen LogP contribution in [0.2, 0.25) is 0 Å². The van der Waals surface area contributed by atoms with Crippen molar-refractivity contribution in [3.63, 3.8) is 0 Å². The van der Waals surface area contributed by atoms with Gasteiger partial charge >= 0.3 is 5.97 Å². The molecule has 1 aliphatic heterocycles. The van der Waals surface area contributed by atoms with Crippen LogP contribution in [0.3, 0.4) is 0 Å². The summed E-state index contributed by atoms with van der Waals surface area (Å²) >= 11 is 0. The molecule has 0 spiro atoms. The third kappa shape index (κ3) is 4.23. The maximum absolute atomic E-state index is 11.5. The standard InChI is InChI=1S/C13H25NO4/c1-3-18-10-8-14-7-4-5-13(11-14,12(15)16)6-9-17-2/h3-11H2,1-2H3,(H,15,16). The van der Waals surface area contributed by atoms with Gasteiger partial charge < -0.3 is 14.6 Å². The molecule has 1 rings (SSSR count). The number of likely N-dealkylation sites (tertiary alicyclic amines) is 1. The second kappa shape index (κ2) is 7.71. The van der Waals surface area contributed by atoms with Crippen molar-refractivity contribution in [2.45, 2.75) is 26.2 Å². The fourth-order valence-electron chi connectivity index (χ4n) is 2.54. The SMILES string of the molecule is CCOCCN1CCCC(CCOC)(C(=O)O)C1. The molecule has 0 saturated carbocycles. The van der Waals surface area contributed by atoms with Gasteiger partial charge in [-0.05, 0) is 32.7 Å². The van der Waals surface area contributed by atoms with Gasteiger partial charge in [0.1, 0.15) is 0 Å². The Hall–Kier alpha value is -0.650. The number of carbonyl (C=O) groups is 1. The van der Waals surface area contributed by atoms with Crippen molar-refractivity contribution in [1.29, 1.82) is 0 Å². The van der Waals surface area contributed by atoms with E-state index >= 15 is 0 Å². The topological polar surface area (TPSA) is 59.0 Å². The number of hydrogen-bond acceptors (Lipinski definition) is 4. The van der Waals surface area contributed by atoms with E-state index in [2.05, 4.69) is 4.90 Å². The van der Waals surface area contributed by atoms with E-state index in [0.29, 0.717) is 32.8 Å². The van der Waals surface area contributed by atoms with Crippen molar-refractivity contribution in [2.24, 2.45) is 5.41 Å². The van der Waals surface area contributed by atoms with E-state index in [1.165, 1.54) is 0 Å². The van der Waals surface area contributed by atoms with E-state index in [4.69, 9.17) is 9.47 Å². The van der Waals surface area contributed by atoms with Gasteiger partial charge in [-0.2, -0.15) is 0 Å². The predicted octanol–water partition coefficient (Wildman–Crippen LogP) is 1.23. The minimum absolute atomic E-state index is 0.506. The third-order valence-electron chi connectivity index (χ3n) is 3.65. The summed E-state index contributed by atoms with van der Waals surface area (Å²) in [7, 11) is 1.62. The van der Waals surface area contributed by atoms with Crippen LogP contribution >= 0.6 is 0 Å². The average Bonchev–Trinajstić information content (AvgIpc) is 2.37. The van der Waals surface area contributed by atoms with Crippen molar-refractivity contribution in [3.05, 3.63) is 0 Å². The van der Waals surface area contributed by atoms with Crippen LogP contribution in [0.5, 0.6) is 0 Å². The summed E-state index contributed by atoms with van der Waals surface area (Å²) in [5.74, 6) is -0.694. The van der Waals surface area contributed by atoms with Gasteiger partial charge in [0.05, 0.1) is 12.0 Å². The first kappa shape index (κ1) is 15.4. The number of aliphatic carboxylic acids is 1. The molecule has 106 valence electrons. The smallest absolute Gasteiger partial charge is 0.311 e. The molecule has 0 aromatic rings. The number of hydrogen-bond donors (Lipinski definition) is 1. The molecule has 1 N–H and O–H groups in total. The Kier molecular flexibility index (Phi) is 6.60. The van der Waals surface area contributed by atoms with Crippen LogP contribution in [-0.4, -0.2) is 62.5 Å². The molecule has 1 aliphatic rings. The first-order chi connectivity index (χ1) is 8.64. The van der Waals surface area contributed by atoms with E-state index in [0.717, 1.165) is 25.9 Å². The van der Waals surface area contributed by atoms with Crippen LogP contribution in [-0.2, 0) is 14.3 Å². The Morgan fingerprint density at radius 3 is 2.83 bits per heavy atom. The highest BCUT2D eigenvalue weighted by Gasteiger charge is 2.41. The summed E-state index contributed by atoms with van der Waals surface area (Å²) in [6, 6.07) is 0. The first-order valence-corrected chi connectivity index (χ1v) is 6.67.